The Balaban J connectivity index is 1.97. The molecule has 0 radical (unpaired) electrons. The first-order chi connectivity index (χ1) is 8.15. The minimum absolute atomic E-state index is 0.398. The molecule has 1 aromatic carbocycles. The Morgan fingerprint density at radius 3 is 2.82 bits per heavy atom. The first kappa shape index (κ1) is 12.0. The number of rotatable bonds is 4. The van der Waals surface area contributed by atoms with Crippen LogP contribution in [0.1, 0.15) is 25.6 Å². The van der Waals surface area contributed by atoms with Gasteiger partial charge in [-0.25, -0.2) is 0 Å². The fraction of sp³-hybridized carbons (Fsp3) is 0.308. The van der Waals surface area contributed by atoms with Crippen molar-refractivity contribution in [2.45, 2.75) is 26.4 Å². The third kappa shape index (κ3) is 3.24. The molecule has 0 unspecified atom stereocenters. The molecule has 0 aliphatic heterocycles. The average molecular weight is 250 g/mol. The lowest BCUT2D eigenvalue weighted by Crippen LogP contribution is -2.04. The number of aromatic nitrogens is 2. The normalized spacial score (nSPS) is 10.8. The average Bonchev–Trinajstić information content (AvgIpc) is 2.75. The third-order valence-electron chi connectivity index (χ3n) is 2.49. The standard InChI is InChI=1S/C13H16ClN3/c1-10(2)17-7-6-13(16-17)9-15-12-5-3-4-11(14)8-12/h3-8,10,15H,9H2,1-2H3. The molecule has 0 saturated heterocycles. The minimum Gasteiger partial charge on any atom is -0.379 e. The lowest BCUT2D eigenvalue weighted by molar-refractivity contribution is 0.527. The molecular formula is C13H16ClN3. The van der Waals surface area contributed by atoms with Gasteiger partial charge < -0.3 is 5.32 Å². The first-order valence-corrected chi connectivity index (χ1v) is 6.06. The number of nitrogens with one attached hydrogen (secondary N) is 1. The quantitative estimate of drug-likeness (QED) is 0.895. The number of hydrogen-bond acceptors (Lipinski definition) is 2. The number of anilines is 1. The lowest BCUT2D eigenvalue weighted by atomic mass is 10.3. The van der Waals surface area contributed by atoms with Crippen LogP contribution in [-0.4, -0.2) is 9.78 Å². The van der Waals surface area contributed by atoms with E-state index < -0.39 is 0 Å². The molecular weight excluding hydrogens is 234 g/mol. The summed E-state index contributed by atoms with van der Waals surface area (Å²) in [7, 11) is 0. The van der Waals surface area contributed by atoms with Gasteiger partial charge in [-0.3, -0.25) is 4.68 Å². The Labute approximate surface area is 106 Å². The van der Waals surface area contributed by atoms with E-state index in [1.54, 1.807) is 0 Å². The van der Waals surface area contributed by atoms with Gasteiger partial charge in [0.25, 0.3) is 0 Å². The van der Waals surface area contributed by atoms with Gasteiger partial charge in [0.1, 0.15) is 0 Å². The van der Waals surface area contributed by atoms with Crippen LogP contribution in [0.5, 0.6) is 0 Å². The number of benzene rings is 1. The molecule has 0 aliphatic carbocycles. The van der Waals surface area contributed by atoms with Gasteiger partial charge in [-0.05, 0) is 38.1 Å². The van der Waals surface area contributed by atoms with E-state index in [-0.39, 0.29) is 0 Å². The molecule has 0 amide bonds. The summed E-state index contributed by atoms with van der Waals surface area (Å²) in [5.74, 6) is 0. The summed E-state index contributed by atoms with van der Waals surface area (Å²) < 4.78 is 1.95. The van der Waals surface area contributed by atoms with Crippen molar-refractivity contribution in [2.75, 3.05) is 5.32 Å². The predicted octanol–water partition coefficient (Wildman–Crippen LogP) is 3.73. The molecule has 1 aromatic heterocycles. The predicted molar refractivity (Wildman–Crippen MR) is 71.4 cm³/mol. The van der Waals surface area contributed by atoms with Gasteiger partial charge >= 0.3 is 0 Å². The smallest absolute Gasteiger partial charge is 0.0815 e. The lowest BCUT2D eigenvalue weighted by Gasteiger charge is -2.06. The Kier molecular flexibility index (Phi) is 3.69. The molecule has 3 nitrogen and oxygen atoms in total. The Bertz CT molecular complexity index is 491. The Hall–Kier alpha value is -1.48. The maximum Gasteiger partial charge on any atom is 0.0815 e. The highest BCUT2D eigenvalue weighted by molar-refractivity contribution is 6.30. The van der Waals surface area contributed by atoms with E-state index in [1.807, 2.05) is 41.2 Å². The first-order valence-electron chi connectivity index (χ1n) is 5.68. The van der Waals surface area contributed by atoms with Crippen LogP contribution >= 0.6 is 11.6 Å². The summed E-state index contributed by atoms with van der Waals surface area (Å²) in [6, 6.07) is 10.1. The zero-order valence-electron chi connectivity index (χ0n) is 10.0. The highest BCUT2D eigenvalue weighted by atomic mass is 35.5. The van der Waals surface area contributed by atoms with Gasteiger partial charge in [0.2, 0.25) is 0 Å². The van der Waals surface area contributed by atoms with Crippen LogP contribution < -0.4 is 5.32 Å². The summed E-state index contributed by atoms with van der Waals surface area (Å²) in [4.78, 5) is 0. The van der Waals surface area contributed by atoms with Crippen LogP contribution in [0.2, 0.25) is 5.02 Å². The topological polar surface area (TPSA) is 29.9 Å². The molecule has 0 atom stereocenters. The zero-order chi connectivity index (χ0) is 12.3. The van der Waals surface area contributed by atoms with Crippen molar-refractivity contribution in [3.05, 3.63) is 47.2 Å². The highest BCUT2D eigenvalue weighted by Gasteiger charge is 2.01. The summed E-state index contributed by atoms with van der Waals surface area (Å²) in [5, 5.41) is 8.50. The SMILES string of the molecule is CC(C)n1ccc(CNc2cccc(Cl)c2)n1. The largest absolute Gasteiger partial charge is 0.379 e. The fourth-order valence-electron chi connectivity index (χ4n) is 1.55. The monoisotopic (exact) mass is 249 g/mol. The summed E-state index contributed by atoms with van der Waals surface area (Å²) >= 11 is 5.91. The molecule has 4 heteroatoms. The molecule has 1 heterocycles. The fourth-order valence-corrected chi connectivity index (χ4v) is 1.74. The van der Waals surface area contributed by atoms with Crippen LogP contribution in [0.25, 0.3) is 0 Å². The molecule has 0 saturated carbocycles. The van der Waals surface area contributed by atoms with E-state index in [0.717, 1.165) is 16.4 Å². The molecule has 0 spiro atoms. The zero-order valence-corrected chi connectivity index (χ0v) is 10.8. The maximum absolute atomic E-state index is 5.91. The summed E-state index contributed by atoms with van der Waals surface area (Å²) in [6.07, 6.45) is 2.00. The summed E-state index contributed by atoms with van der Waals surface area (Å²) in [6.45, 7) is 4.93. The second kappa shape index (κ2) is 5.23. The van der Waals surface area contributed by atoms with Crippen LogP contribution in [0.3, 0.4) is 0 Å². The molecule has 90 valence electrons. The van der Waals surface area contributed by atoms with Crippen LogP contribution in [-0.2, 0) is 6.54 Å². The van der Waals surface area contributed by atoms with E-state index in [9.17, 15) is 0 Å². The summed E-state index contributed by atoms with van der Waals surface area (Å²) in [5.41, 5.74) is 2.04. The number of halogens is 1. The van der Waals surface area contributed by atoms with Gasteiger partial charge in [-0.15, -0.1) is 0 Å². The van der Waals surface area contributed by atoms with Crippen LogP contribution in [0.4, 0.5) is 5.69 Å². The van der Waals surface area contributed by atoms with Crippen molar-refractivity contribution in [3.63, 3.8) is 0 Å². The van der Waals surface area contributed by atoms with Gasteiger partial charge in [-0.1, -0.05) is 17.7 Å². The van der Waals surface area contributed by atoms with Crippen molar-refractivity contribution < 1.29 is 0 Å². The molecule has 0 aliphatic rings. The van der Waals surface area contributed by atoms with E-state index in [1.165, 1.54) is 0 Å². The maximum atomic E-state index is 5.91. The molecule has 1 N–H and O–H groups in total. The van der Waals surface area contributed by atoms with Crippen molar-refractivity contribution in [1.82, 2.24) is 9.78 Å². The highest BCUT2D eigenvalue weighted by Crippen LogP contribution is 2.15. The second-order valence-electron chi connectivity index (χ2n) is 4.24. The van der Waals surface area contributed by atoms with E-state index in [2.05, 4.69) is 24.3 Å². The van der Waals surface area contributed by atoms with Crippen molar-refractivity contribution in [1.29, 1.82) is 0 Å². The molecule has 2 rings (SSSR count). The molecule has 2 aromatic rings. The van der Waals surface area contributed by atoms with Gasteiger partial charge in [-0.2, -0.15) is 5.10 Å². The molecule has 0 bridgehead atoms. The van der Waals surface area contributed by atoms with Gasteiger partial charge in [0.15, 0.2) is 0 Å². The van der Waals surface area contributed by atoms with E-state index in [0.29, 0.717) is 12.6 Å². The van der Waals surface area contributed by atoms with Crippen LogP contribution in [0.15, 0.2) is 36.5 Å². The Morgan fingerprint density at radius 2 is 2.18 bits per heavy atom. The minimum atomic E-state index is 0.398. The van der Waals surface area contributed by atoms with Crippen molar-refractivity contribution in [2.24, 2.45) is 0 Å². The number of nitrogens with zero attached hydrogens (tertiary/aromatic N) is 2. The number of hydrogen-bond donors (Lipinski definition) is 1. The molecule has 17 heavy (non-hydrogen) atoms. The van der Waals surface area contributed by atoms with Crippen molar-refractivity contribution >= 4 is 17.3 Å². The Morgan fingerprint density at radius 1 is 1.35 bits per heavy atom. The van der Waals surface area contributed by atoms with E-state index >= 15 is 0 Å². The third-order valence-corrected chi connectivity index (χ3v) is 2.73. The van der Waals surface area contributed by atoms with Crippen LogP contribution in [0, 0.1) is 0 Å². The van der Waals surface area contributed by atoms with Gasteiger partial charge in [0, 0.05) is 22.9 Å². The molecule has 0 fully saturated rings. The second-order valence-corrected chi connectivity index (χ2v) is 4.68. The van der Waals surface area contributed by atoms with Gasteiger partial charge in [0.05, 0.1) is 12.2 Å². The van der Waals surface area contributed by atoms with Crippen molar-refractivity contribution in [3.8, 4) is 0 Å². The van der Waals surface area contributed by atoms with E-state index in [4.69, 9.17) is 11.6 Å².